The van der Waals surface area contributed by atoms with Gasteiger partial charge < -0.3 is 34.2 Å². The van der Waals surface area contributed by atoms with E-state index in [9.17, 15) is 33.8 Å². The molecule has 0 radical (unpaired) electrons. The monoisotopic (exact) mass is 549 g/mol. The molecule has 3 aromatic rings. The van der Waals surface area contributed by atoms with Crippen LogP contribution in [0, 0.1) is 6.92 Å². The highest BCUT2D eigenvalue weighted by Crippen LogP contribution is 2.57. The van der Waals surface area contributed by atoms with Crippen LogP contribution >= 0.6 is 15.6 Å². The lowest BCUT2D eigenvalue weighted by Crippen LogP contribution is -2.43. The van der Waals surface area contributed by atoms with Crippen LogP contribution < -0.4 is 11.2 Å². The van der Waals surface area contributed by atoms with E-state index in [-0.39, 0.29) is 6.54 Å². The van der Waals surface area contributed by atoms with Gasteiger partial charge in [0.1, 0.15) is 24.0 Å². The Labute approximate surface area is 200 Å². The Morgan fingerprint density at radius 2 is 1.83 bits per heavy atom. The number of phosphoric ester groups is 1. The van der Waals surface area contributed by atoms with Crippen LogP contribution in [0.3, 0.4) is 0 Å². The van der Waals surface area contributed by atoms with Crippen molar-refractivity contribution in [2.75, 3.05) is 6.61 Å². The van der Waals surface area contributed by atoms with Gasteiger partial charge in [0, 0.05) is 17.6 Å². The Morgan fingerprint density at radius 3 is 2.53 bits per heavy atom. The van der Waals surface area contributed by atoms with E-state index in [1.807, 2.05) is 0 Å². The molecule has 3 heterocycles. The summed E-state index contributed by atoms with van der Waals surface area (Å²) in [5.41, 5.74) is -0.0344. The number of ether oxygens (including phenoxy) is 1. The van der Waals surface area contributed by atoms with Gasteiger partial charge in [-0.15, -0.1) is 0 Å². The lowest BCUT2D eigenvalue weighted by Gasteiger charge is -2.19. The van der Waals surface area contributed by atoms with Crippen molar-refractivity contribution in [2.24, 2.45) is 0 Å². The predicted molar refractivity (Wildman–Crippen MR) is 118 cm³/mol. The normalized spacial score (nSPS) is 24.3. The average Bonchev–Trinajstić information content (AvgIpc) is 3.31. The van der Waals surface area contributed by atoms with Crippen molar-refractivity contribution in [3.63, 3.8) is 0 Å². The molecule has 18 heteroatoms. The molecule has 1 fully saturated rings. The van der Waals surface area contributed by atoms with Crippen molar-refractivity contribution in [3.05, 3.63) is 62.6 Å². The minimum atomic E-state index is -5.38. The fraction of sp³-hybridized carbons (Fsp3) is 0.389. The maximum Gasteiger partial charge on any atom is 0.481 e. The number of aryl methyl sites for hydroxylation is 1. The molecule has 0 bridgehead atoms. The van der Waals surface area contributed by atoms with Crippen molar-refractivity contribution in [2.45, 2.75) is 38.0 Å². The number of hydrogen-bond donors (Lipinski definition) is 5. The molecule has 5 N–H and O–H groups in total. The van der Waals surface area contributed by atoms with Crippen LogP contribution in [0.1, 0.15) is 17.5 Å². The van der Waals surface area contributed by atoms with Gasteiger partial charge in [0.15, 0.2) is 11.8 Å². The lowest BCUT2D eigenvalue weighted by atomic mass is 10.1. The number of para-hydroxylation sites is 1. The van der Waals surface area contributed by atoms with Crippen LogP contribution in [0.25, 0.3) is 11.0 Å². The predicted octanol–water partition coefficient (Wildman–Crippen LogP) is -0.647. The zero-order chi connectivity index (χ0) is 26.4. The molecular formula is C18H21N3O13P2. The first-order valence-electron chi connectivity index (χ1n) is 10.2. The van der Waals surface area contributed by atoms with Crippen molar-refractivity contribution in [1.29, 1.82) is 0 Å². The maximum absolute atomic E-state index is 13.1. The molecule has 196 valence electrons. The van der Waals surface area contributed by atoms with Crippen LogP contribution in [0.5, 0.6) is 0 Å². The largest absolute Gasteiger partial charge is 0.481 e. The van der Waals surface area contributed by atoms with Crippen LogP contribution in [-0.2, 0) is 29.2 Å². The van der Waals surface area contributed by atoms with Gasteiger partial charge in [-0.1, -0.05) is 17.3 Å². The van der Waals surface area contributed by atoms with E-state index in [4.69, 9.17) is 19.0 Å². The molecular weight excluding hydrogens is 528 g/mol. The lowest BCUT2D eigenvalue weighted by molar-refractivity contribution is -0.0547. The fourth-order valence-corrected chi connectivity index (χ4v) is 5.31. The highest BCUT2D eigenvalue weighted by atomic mass is 31.3. The van der Waals surface area contributed by atoms with Gasteiger partial charge in [-0.3, -0.25) is 18.5 Å². The van der Waals surface area contributed by atoms with E-state index in [1.54, 1.807) is 25.1 Å². The highest BCUT2D eigenvalue weighted by Gasteiger charge is 2.46. The quantitative estimate of drug-likeness (QED) is 0.220. The van der Waals surface area contributed by atoms with Crippen LogP contribution in [-0.4, -0.2) is 64.1 Å². The third-order valence-electron chi connectivity index (χ3n) is 5.40. The summed E-state index contributed by atoms with van der Waals surface area (Å²) in [7, 11) is -10.6. The number of phosphoric acid groups is 2. The summed E-state index contributed by atoms with van der Waals surface area (Å²) >= 11 is 0. The second kappa shape index (κ2) is 9.76. The number of aliphatic hydroxyl groups is 2. The minimum Gasteiger partial charge on any atom is -0.387 e. The van der Waals surface area contributed by atoms with Crippen molar-refractivity contribution >= 4 is 26.6 Å². The summed E-state index contributed by atoms with van der Waals surface area (Å²) in [6.45, 7) is 0.582. The molecule has 5 unspecified atom stereocenters. The Kier molecular flexibility index (Phi) is 7.20. The first-order valence-corrected chi connectivity index (χ1v) is 13.2. The van der Waals surface area contributed by atoms with Crippen LogP contribution in [0.2, 0.25) is 0 Å². The van der Waals surface area contributed by atoms with Gasteiger partial charge in [0.25, 0.3) is 5.56 Å². The van der Waals surface area contributed by atoms with E-state index < -0.39 is 58.0 Å². The molecule has 1 aromatic carbocycles. The second-order valence-electron chi connectivity index (χ2n) is 7.89. The molecule has 0 amide bonds. The molecule has 36 heavy (non-hydrogen) atoms. The van der Waals surface area contributed by atoms with Crippen LogP contribution in [0.4, 0.5) is 0 Å². The topological polar surface area (TPSA) is 233 Å². The Hall–Kier alpha value is -2.49. The summed E-state index contributed by atoms with van der Waals surface area (Å²) < 4.78 is 42.8. The Bertz CT molecular complexity index is 1490. The standard InChI is InChI=1S/C18H21N3O13P2/c1-9-3-2-4-10-11(19-33-16(9)10)7-21-13(22)5-6-20(18(21)25)17-15(24)14(23)12(32-17)8-31-36(29,30)34-35(26,27)28/h2-6,12,14-15,17,23-24H,7-8H2,1H3,(H,29,30)(H2,26,27,28). The molecule has 16 nitrogen and oxygen atoms in total. The summed E-state index contributed by atoms with van der Waals surface area (Å²) in [5, 5.41) is 25.2. The number of aromatic nitrogens is 3. The second-order valence-corrected chi connectivity index (χ2v) is 10.7. The molecule has 0 spiro atoms. The van der Waals surface area contributed by atoms with Gasteiger partial charge >= 0.3 is 21.3 Å². The van der Waals surface area contributed by atoms with Crippen LogP contribution in [0.15, 0.2) is 44.6 Å². The molecule has 1 aliphatic rings. The van der Waals surface area contributed by atoms with E-state index >= 15 is 0 Å². The molecule has 4 rings (SSSR count). The zero-order valence-corrected chi connectivity index (χ0v) is 20.1. The highest BCUT2D eigenvalue weighted by molar-refractivity contribution is 7.60. The van der Waals surface area contributed by atoms with Gasteiger partial charge in [-0.25, -0.2) is 13.9 Å². The molecule has 2 aromatic heterocycles. The van der Waals surface area contributed by atoms with Gasteiger partial charge in [-0.05, 0) is 18.6 Å². The number of hydrogen-bond acceptors (Lipinski definition) is 11. The molecule has 1 saturated heterocycles. The van der Waals surface area contributed by atoms with Crippen molar-refractivity contribution in [3.8, 4) is 0 Å². The number of benzene rings is 1. The summed E-state index contributed by atoms with van der Waals surface area (Å²) in [5.74, 6) is 0. The third kappa shape index (κ3) is 5.43. The molecule has 5 atom stereocenters. The SMILES string of the molecule is Cc1cccc2c(Cn3c(=O)ccn(C4OC(COP(=O)(O)OP(=O)(O)O)C(O)C4O)c3=O)noc12. The minimum absolute atomic E-state index is 0.278. The number of rotatable bonds is 8. The van der Waals surface area contributed by atoms with Crippen molar-refractivity contribution < 1.29 is 52.1 Å². The Balaban J connectivity index is 1.57. The molecule has 0 aliphatic carbocycles. The van der Waals surface area contributed by atoms with E-state index in [2.05, 4.69) is 14.0 Å². The fourth-order valence-electron chi connectivity index (χ4n) is 3.71. The molecule has 1 aliphatic heterocycles. The first kappa shape index (κ1) is 26.6. The number of fused-ring (bicyclic) bond motifs is 1. The summed E-state index contributed by atoms with van der Waals surface area (Å²) in [6, 6.07) is 6.29. The summed E-state index contributed by atoms with van der Waals surface area (Å²) in [6.07, 6.45) is -5.53. The van der Waals surface area contributed by atoms with Gasteiger partial charge in [0.2, 0.25) is 0 Å². The summed E-state index contributed by atoms with van der Waals surface area (Å²) in [4.78, 5) is 52.3. The number of nitrogens with zero attached hydrogens (tertiary/aromatic N) is 3. The third-order valence-corrected chi connectivity index (χ3v) is 7.55. The number of aliphatic hydroxyl groups excluding tert-OH is 2. The average molecular weight is 549 g/mol. The Morgan fingerprint density at radius 1 is 1.11 bits per heavy atom. The van der Waals surface area contributed by atoms with E-state index in [0.29, 0.717) is 16.7 Å². The smallest absolute Gasteiger partial charge is 0.387 e. The molecule has 0 saturated carbocycles. The first-order chi connectivity index (χ1) is 16.8. The zero-order valence-electron chi connectivity index (χ0n) is 18.3. The maximum atomic E-state index is 13.1. The van der Waals surface area contributed by atoms with Gasteiger partial charge in [0.05, 0.1) is 13.2 Å². The van der Waals surface area contributed by atoms with E-state index in [1.165, 1.54) is 0 Å². The van der Waals surface area contributed by atoms with E-state index in [0.717, 1.165) is 27.0 Å². The van der Waals surface area contributed by atoms with Gasteiger partial charge in [-0.2, -0.15) is 4.31 Å². The van der Waals surface area contributed by atoms with Crippen molar-refractivity contribution in [1.82, 2.24) is 14.3 Å².